The first kappa shape index (κ1) is 9.27. The van der Waals surface area contributed by atoms with Gasteiger partial charge in [0.05, 0.1) is 11.1 Å². The number of aromatic amines is 1. The number of nitrogens with two attached hydrogens (primary N) is 1. The van der Waals surface area contributed by atoms with Crippen LogP contribution >= 0.6 is 15.9 Å². The Bertz CT molecular complexity index is 516. The van der Waals surface area contributed by atoms with Crippen LogP contribution in [0.5, 0.6) is 0 Å². The summed E-state index contributed by atoms with van der Waals surface area (Å²) in [5.74, 6) is -0.413. The van der Waals surface area contributed by atoms with E-state index in [9.17, 15) is 4.79 Å². The van der Waals surface area contributed by atoms with Crippen molar-refractivity contribution in [2.45, 2.75) is 6.92 Å². The van der Waals surface area contributed by atoms with Gasteiger partial charge in [0.1, 0.15) is 0 Å². The third-order valence-electron chi connectivity index (χ3n) is 2.14. The summed E-state index contributed by atoms with van der Waals surface area (Å²) in [5.41, 5.74) is 7.59. The fraction of sp³-hybridized carbons (Fsp3) is 0.100. The molecule has 0 aliphatic heterocycles. The van der Waals surface area contributed by atoms with E-state index in [0.29, 0.717) is 5.56 Å². The molecule has 4 heteroatoms. The van der Waals surface area contributed by atoms with Crippen LogP contribution in [0.4, 0.5) is 0 Å². The van der Waals surface area contributed by atoms with Gasteiger partial charge in [0.25, 0.3) is 5.91 Å². The first-order valence-corrected chi connectivity index (χ1v) is 4.96. The van der Waals surface area contributed by atoms with E-state index in [1.807, 2.05) is 19.1 Å². The maximum Gasteiger partial charge on any atom is 0.250 e. The van der Waals surface area contributed by atoms with Gasteiger partial charge in [-0.15, -0.1) is 0 Å². The second-order valence-corrected chi connectivity index (χ2v) is 4.05. The Morgan fingerprint density at radius 2 is 2.21 bits per heavy atom. The largest absolute Gasteiger partial charge is 0.366 e. The minimum Gasteiger partial charge on any atom is -0.366 e. The van der Waals surface area contributed by atoms with E-state index in [2.05, 4.69) is 20.9 Å². The molecule has 0 fully saturated rings. The fourth-order valence-electron chi connectivity index (χ4n) is 1.52. The number of carbonyl (C=O) groups excluding carboxylic acids is 1. The molecule has 0 radical (unpaired) electrons. The Morgan fingerprint density at radius 1 is 1.50 bits per heavy atom. The molecular weight excluding hydrogens is 244 g/mol. The molecule has 1 aromatic carbocycles. The first-order chi connectivity index (χ1) is 6.59. The van der Waals surface area contributed by atoms with Crippen LogP contribution in [0.2, 0.25) is 0 Å². The number of rotatable bonds is 1. The summed E-state index contributed by atoms with van der Waals surface area (Å²) in [5, 5.41) is 0.985. The molecule has 3 nitrogen and oxygen atoms in total. The minimum atomic E-state index is -0.413. The number of aromatic nitrogens is 1. The number of hydrogen-bond acceptors (Lipinski definition) is 1. The molecule has 0 unspecified atom stereocenters. The number of primary amides is 1. The van der Waals surface area contributed by atoms with Crippen molar-refractivity contribution in [3.8, 4) is 0 Å². The van der Waals surface area contributed by atoms with Crippen molar-refractivity contribution in [1.29, 1.82) is 0 Å². The molecular formula is C10H9BrN2O. The standard InChI is InChI=1S/C10H9BrN2O/c1-5-4-7-8(11)3-2-6(10(12)14)9(7)13-5/h2-4,13H,1H3,(H2,12,14). The van der Waals surface area contributed by atoms with Gasteiger partial charge in [-0.1, -0.05) is 15.9 Å². The average Bonchev–Trinajstić information content (AvgIpc) is 2.47. The minimum absolute atomic E-state index is 0.413. The molecule has 0 saturated carbocycles. The zero-order valence-electron chi connectivity index (χ0n) is 7.60. The van der Waals surface area contributed by atoms with Crippen LogP contribution in [0.15, 0.2) is 22.7 Å². The number of halogens is 1. The maximum absolute atomic E-state index is 11.1. The van der Waals surface area contributed by atoms with Crippen LogP contribution in [0.3, 0.4) is 0 Å². The molecule has 0 aliphatic rings. The molecule has 0 bridgehead atoms. The van der Waals surface area contributed by atoms with Crippen molar-refractivity contribution in [1.82, 2.24) is 4.98 Å². The number of amides is 1. The van der Waals surface area contributed by atoms with Crippen molar-refractivity contribution >= 4 is 32.7 Å². The van der Waals surface area contributed by atoms with E-state index < -0.39 is 5.91 Å². The summed E-state index contributed by atoms with van der Waals surface area (Å²) in [6.45, 7) is 1.94. The highest BCUT2D eigenvalue weighted by atomic mass is 79.9. The summed E-state index contributed by atoms with van der Waals surface area (Å²) in [6.07, 6.45) is 0. The van der Waals surface area contributed by atoms with E-state index in [1.165, 1.54) is 0 Å². The molecule has 0 spiro atoms. The monoisotopic (exact) mass is 252 g/mol. The van der Waals surface area contributed by atoms with Gasteiger partial charge < -0.3 is 10.7 Å². The molecule has 1 heterocycles. The molecule has 2 aromatic rings. The zero-order valence-corrected chi connectivity index (χ0v) is 9.18. The van der Waals surface area contributed by atoms with Crippen molar-refractivity contribution in [2.24, 2.45) is 5.73 Å². The Morgan fingerprint density at radius 3 is 2.86 bits per heavy atom. The van der Waals surface area contributed by atoms with Crippen molar-refractivity contribution in [2.75, 3.05) is 0 Å². The van der Waals surface area contributed by atoms with Gasteiger partial charge in [0.2, 0.25) is 0 Å². The summed E-state index contributed by atoms with van der Waals surface area (Å²) in [4.78, 5) is 14.2. The summed E-state index contributed by atoms with van der Waals surface area (Å²) < 4.78 is 0.960. The summed E-state index contributed by atoms with van der Waals surface area (Å²) in [7, 11) is 0. The average molecular weight is 253 g/mol. The van der Waals surface area contributed by atoms with Gasteiger partial charge >= 0.3 is 0 Å². The summed E-state index contributed by atoms with van der Waals surface area (Å²) >= 11 is 3.42. The summed E-state index contributed by atoms with van der Waals surface area (Å²) in [6, 6.07) is 5.52. The van der Waals surface area contributed by atoms with Gasteiger partial charge in [0, 0.05) is 15.6 Å². The SMILES string of the molecule is Cc1cc2c(Br)ccc(C(N)=O)c2[nH]1. The number of aryl methyl sites for hydroxylation is 1. The predicted octanol–water partition coefficient (Wildman–Crippen LogP) is 2.34. The lowest BCUT2D eigenvalue weighted by Crippen LogP contribution is -2.11. The van der Waals surface area contributed by atoms with Crippen molar-refractivity contribution in [3.05, 3.63) is 33.9 Å². The van der Waals surface area contributed by atoms with Gasteiger partial charge in [-0.2, -0.15) is 0 Å². The van der Waals surface area contributed by atoms with Crippen LogP contribution in [0.1, 0.15) is 16.1 Å². The van der Waals surface area contributed by atoms with Crippen LogP contribution in [-0.4, -0.2) is 10.9 Å². The lowest BCUT2D eigenvalue weighted by Gasteiger charge is -1.99. The Balaban J connectivity index is 2.87. The molecule has 1 amide bonds. The Kier molecular flexibility index (Phi) is 2.07. The van der Waals surface area contributed by atoms with Crippen LogP contribution in [-0.2, 0) is 0 Å². The van der Waals surface area contributed by atoms with Gasteiger partial charge in [0.15, 0.2) is 0 Å². The number of H-pyrrole nitrogens is 1. The van der Waals surface area contributed by atoms with Crippen molar-refractivity contribution in [3.63, 3.8) is 0 Å². The number of carbonyl (C=O) groups is 1. The molecule has 72 valence electrons. The van der Waals surface area contributed by atoms with Gasteiger partial charge in [-0.25, -0.2) is 0 Å². The number of nitrogens with one attached hydrogen (secondary N) is 1. The third-order valence-corrected chi connectivity index (χ3v) is 2.83. The Labute approximate surface area is 89.4 Å². The normalized spacial score (nSPS) is 10.7. The molecule has 2 rings (SSSR count). The number of fused-ring (bicyclic) bond motifs is 1. The molecule has 0 saturated heterocycles. The number of hydrogen-bond donors (Lipinski definition) is 2. The van der Waals surface area contributed by atoms with Crippen LogP contribution < -0.4 is 5.73 Å². The lowest BCUT2D eigenvalue weighted by atomic mass is 10.1. The van der Waals surface area contributed by atoms with Crippen LogP contribution in [0, 0.1) is 6.92 Å². The molecule has 0 atom stereocenters. The van der Waals surface area contributed by atoms with Crippen molar-refractivity contribution < 1.29 is 4.79 Å². The van der Waals surface area contributed by atoms with E-state index in [0.717, 1.165) is 21.1 Å². The topological polar surface area (TPSA) is 58.9 Å². The Hall–Kier alpha value is -1.29. The van der Waals surface area contributed by atoms with E-state index in [1.54, 1.807) is 6.07 Å². The van der Waals surface area contributed by atoms with E-state index in [4.69, 9.17) is 5.73 Å². The molecule has 3 N–H and O–H groups in total. The fourth-order valence-corrected chi connectivity index (χ4v) is 1.97. The molecule has 1 aromatic heterocycles. The number of benzene rings is 1. The van der Waals surface area contributed by atoms with Crippen LogP contribution in [0.25, 0.3) is 10.9 Å². The van der Waals surface area contributed by atoms with E-state index in [-0.39, 0.29) is 0 Å². The second-order valence-electron chi connectivity index (χ2n) is 3.20. The zero-order chi connectivity index (χ0) is 10.3. The quantitative estimate of drug-likeness (QED) is 0.805. The highest BCUT2D eigenvalue weighted by Gasteiger charge is 2.10. The molecule has 0 aliphatic carbocycles. The maximum atomic E-state index is 11.1. The molecule has 14 heavy (non-hydrogen) atoms. The van der Waals surface area contributed by atoms with E-state index >= 15 is 0 Å². The highest BCUT2D eigenvalue weighted by molar-refractivity contribution is 9.10. The third kappa shape index (κ3) is 1.32. The van der Waals surface area contributed by atoms with Gasteiger partial charge in [-0.3, -0.25) is 4.79 Å². The smallest absolute Gasteiger partial charge is 0.250 e. The highest BCUT2D eigenvalue weighted by Crippen LogP contribution is 2.27. The lowest BCUT2D eigenvalue weighted by molar-refractivity contribution is 0.100. The van der Waals surface area contributed by atoms with Gasteiger partial charge in [-0.05, 0) is 25.1 Å². The second kappa shape index (κ2) is 3.13. The first-order valence-electron chi connectivity index (χ1n) is 4.17. The predicted molar refractivity (Wildman–Crippen MR) is 59.3 cm³/mol.